The fraction of sp³-hybridized carbons (Fsp3) is 0.625. The number of aryl methyl sites for hydroxylation is 1. The lowest BCUT2D eigenvalue weighted by Gasteiger charge is -2.31. The van der Waals surface area contributed by atoms with Crippen LogP contribution in [0.1, 0.15) is 44.9 Å². The van der Waals surface area contributed by atoms with Crippen LogP contribution in [-0.4, -0.2) is 24.0 Å². The van der Waals surface area contributed by atoms with Gasteiger partial charge in [-0.15, -0.1) is 0 Å². The van der Waals surface area contributed by atoms with Crippen LogP contribution >= 0.6 is 0 Å². The maximum atomic E-state index is 6.37. The second kappa shape index (κ2) is 6.91. The van der Waals surface area contributed by atoms with Gasteiger partial charge in [0.05, 0.1) is 0 Å². The van der Waals surface area contributed by atoms with Gasteiger partial charge in [-0.1, -0.05) is 38.1 Å². The lowest BCUT2D eigenvalue weighted by atomic mass is 10.0. The second-order valence-electron chi connectivity index (χ2n) is 5.90. The van der Waals surface area contributed by atoms with Crippen LogP contribution < -0.4 is 5.73 Å². The highest BCUT2D eigenvalue weighted by atomic mass is 15.2. The van der Waals surface area contributed by atoms with Gasteiger partial charge in [0, 0.05) is 25.2 Å². The van der Waals surface area contributed by atoms with Crippen LogP contribution in [-0.2, 0) is 0 Å². The van der Waals surface area contributed by atoms with E-state index in [2.05, 4.69) is 63.8 Å². The molecule has 0 aliphatic carbocycles. The van der Waals surface area contributed by atoms with Crippen LogP contribution in [0.3, 0.4) is 0 Å². The summed E-state index contributed by atoms with van der Waals surface area (Å²) in [6, 6.07) is 9.07. The molecular formula is C16H28N2. The van der Waals surface area contributed by atoms with Crippen LogP contribution in [0.25, 0.3) is 0 Å². The Labute approximate surface area is 112 Å². The van der Waals surface area contributed by atoms with Crippen molar-refractivity contribution in [3.63, 3.8) is 0 Å². The van der Waals surface area contributed by atoms with Crippen LogP contribution in [0.2, 0.25) is 0 Å². The molecule has 18 heavy (non-hydrogen) atoms. The van der Waals surface area contributed by atoms with Crippen molar-refractivity contribution in [1.29, 1.82) is 0 Å². The average Bonchev–Trinajstić information content (AvgIpc) is 2.27. The summed E-state index contributed by atoms with van der Waals surface area (Å²) in [4.78, 5) is 2.47. The number of hydrogen-bond donors (Lipinski definition) is 1. The van der Waals surface area contributed by atoms with Crippen LogP contribution in [0.15, 0.2) is 24.3 Å². The maximum absolute atomic E-state index is 6.37. The van der Waals surface area contributed by atoms with Crippen molar-refractivity contribution < 1.29 is 0 Å². The summed E-state index contributed by atoms with van der Waals surface area (Å²) in [5.74, 6) is 0.677. The molecule has 0 aliphatic rings. The largest absolute Gasteiger partial charge is 0.323 e. The van der Waals surface area contributed by atoms with Gasteiger partial charge in [0.1, 0.15) is 0 Å². The quantitative estimate of drug-likeness (QED) is 0.836. The number of hydrogen-bond acceptors (Lipinski definition) is 2. The minimum Gasteiger partial charge on any atom is -0.323 e. The van der Waals surface area contributed by atoms with Gasteiger partial charge in [-0.25, -0.2) is 0 Å². The molecule has 1 unspecified atom stereocenters. The average molecular weight is 248 g/mol. The van der Waals surface area contributed by atoms with Gasteiger partial charge < -0.3 is 5.73 Å². The molecule has 0 amide bonds. The van der Waals surface area contributed by atoms with E-state index in [9.17, 15) is 0 Å². The first-order valence-electron chi connectivity index (χ1n) is 6.97. The van der Waals surface area contributed by atoms with Gasteiger partial charge >= 0.3 is 0 Å². The lowest BCUT2D eigenvalue weighted by molar-refractivity contribution is 0.186. The molecule has 2 heteroatoms. The van der Waals surface area contributed by atoms with E-state index in [1.54, 1.807) is 0 Å². The third-order valence-corrected chi connectivity index (χ3v) is 3.35. The molecule has 0 spiro atoms. The van der Waals surface area contributed by atoms with Gasteiger partial charge in [-0.3, -0.25) is 4.90 Å². The Morgan fingerprint density at radius 1 is 1.06 bits per heavy atom. The highest BCUT2D eigenvalue weighted by Crippen LogP contribution is 2.18. The van der Waals surface area contributed by atoms with Crippen molar-refractivity contribution in [2.24, 2.45) is 11.7 Å². The summed E-state index contributed by atoms with van der Waals surface area (Å²) in [6.07, 6.45) is 0. The molecule has 2 N–H and O–H groups in total. The molecule has 0 radical (unpaired) electrons. The van der Waals surface area contributed by atoms with E-state index in [-0.39, 0.29) is 6.04 Å². The van der Waals surface area contributed by atoms with Crippen LogP contribution in [0, 0.1) is 12.8 Å². The van der Waals surface area contributed by atoms with Crippen molar-refractivity contribution in [2.75, 3.05) is 13.1 Å². The Balaban J connectivity index is 2.72. The minimum atomic E-state index is 0.104. The van der Waals surface area contributed by atoms with E-state index < -0.39 is 0 Å². The Hall–Kier alpha value is -0.860. The van der Waals surface area contributed by atoms with E-state index in [1.807, 2.05) is 0 Å². The first kappa shape index (κ1) is 15.2. The number of nitrogens with zero attached hydrogens (tertiary/aromatic N) is 1. The predicted octanol–water partition coefficient (Wildman–Crippen LogP) is 3.36. The Kier molecular flexibility index (Phi) is 5.83. The molecular weight excluding hydrogens is 220 g/mol. The lowest BCUT2D eigenvalue weighted by Crippen LogP contribution is -2.39. The molecule has 1 aromatic rings. The molecule has 1 atom stereocenters. The molecule has 0 heterocycles. The highest BCUT2D eigenvalue weighted by Gasteiger charge is 2.17. The molecule has 2 nitrogen and oxygen atoms in total. The summed E-state index contributed by atoms with van der Waals surface area (Å²) >= 11 is 0. The van der Waals surface area contributed by atoms with E-state index in [1.165, 1.54) is 11.1 Å². The third kappa shape index (κ3) is 4.43. The summed E-state index contributed by atoms with van der Waals surface area (Å²) < 4.78 is 0. The van der Waals surface area contributed by atoms with Crippen molar-refractivity contribution >= 4 is 0 Å². The molecule has 102 valence electrons. The summed E-state index contributed by atoms with van der Waals surface area (Å²) in [6.45, 7) is 13.2. The van der Waals surface area contributed by atoms with Gasteiger partial charge in [0.25, 0.3) is 0 Å². The van der Waals surface area contributed by atoms with Gasteiger partial charge in [0.15, 0.2) is 0 Å². The normalized spacial score (nSPS) is 13.6. The number of benzene rings is 1. The molecule has 0 saturated heterocycles. The fourth-order valence-electron chi connectivity index (χ4n) is 2.32. The topological polar surface area (TPSA) is 29.3 Å². The monoisotopic (exact) mass is 248 g/mol. The van der Waals surface area contributed by atoms with Gasteiger partial charge in [0.2, 0.25) is 0 Å². The van der Waals surface area contributed by atoms with Crippen LogP contribution in [0.4, 0.5) is 0 Å². The minimum absolute atomic E-state index is 0.104. The number of nitrogens with two attached hydrogens (primary N) is 1. The van der Waals surface area contributed by atoms with Gasteiger partial charge in [-0.2, -0.15) is 0 Å². The molecule has 0 aromatic heterocycles. The van der Waals surface area contributed by atoms with E-state index in [4.69, 9.17) is 5.73 Å². The van der Waals surface area contributed by atoms with Crippen molar-refractivity contribution in [1.82, 2.24) is 4.90 Å². The zero-order valence-electron chi connectivity index (χ0n) is 12.5. The highest BCUT2D eigenvalue weighted by molar-refractivity contribution is 5.28. The summed E-state index contributed by atoms with van der Waals surface area (Å²) in [5, 5.41) is 0. The zero-order chi connectivity index (χ0) is 13.7. The fourth-order valence-corrected chi connectivity index (χ4v) is 2.32. The first-order valence-corrected chi connectivity index (χ1v) is 6.97. The standard InChI is InChI=1S/C16H28N2/c1-12(2)10-18(13(3)4)11-16(17)15-9-7-6-8-14(15)5/h6-9,12-13,16H,10-11,17H2,1-5H3. The van der Waals surface area contributed by atoms with E-state index in [0.29, 0.717) is 12.0 Å². The third-order valence-electron chi connectivity index (χ3n) is 3.35. The molecule has 0 saturated carbocycles. The number of rotatable bonds is 6. The molecule has 1 aromatic carbocycles. The van der Waals surface area contributed by atoms with Crippen molar-refractivity contribution in [3.8, 4) is 0 Å². The molecule has 1 rings (SSSR count). The Morgan fingerprint density at radius 3 is 2.17 bits per heavy atom. The summed E-state index contributed by atoms with van der Waals surface area (Å²) in [5.41, 5.74) is 8.93. The first-order chi connectivity index (χ1) is 8.41. The predicted molar refractivity (Wildman–Crippen MR) is 79.7 cm³/mol. The van der Waals surface area contributed by atoms with E-state index >= 15 is 0 Å². The second-order valence-corrected chi connectivity index (χ2v) is 5.90. The SMILES string of the molecule is Cc1ccccc1C(N)CN(CC(C)C)C(C)C. The molecule has 0 aliphatic heterocycles. The van der Waals surface area contributed by atoms with Crippen molar-refractivity contribution in [2.45, 2.75) is 46.7 Å². The summed E-state index contributed by atoms with van der Waals surface area (Å²) in [7, 11) is 0. The van der Waals surface area contributed by atoms with Crippen molar-refractivity contribution in [3.05, 3.63) is 35.4 Å². The maximum Gasteiger partial charge on any atom is 0.0427 e. The molecule has 0 bridgehead atoms. The smallest absolute Gasteiger partial charge is 0.0427 e. The van der Waals surface area contributed by atoms with E-state index in [0.717, 1.165) is 13.1 Å². The van der Waals surface area contributed by atoms with Crippen LogP contribution in [0.5, 0.6) is 0 Å². The molecule has 0 fully saturated rings. The zero-order valence-corrected chi connectivity index (χ0v) is 12.5. The van der Waals surface area contributed by atoms with Gasteiger partial charge in [-0.05, 0) is 37.8 Å². The Bertz CT molecular complexity index is 358. The Morgan fingerprint density at radius 2 is 1.67 bits per heavy atom.